The van der Waals surface area contributed by atoms with Gasteiger partial charge < -0.3 is 10.4 Å². The molecule has 0 unspecified atom stereocenters. The van der Waals surface area contributed by atoms with Crippen molar-refractivity contribution in [2.45, 2.75) is 19.8 Å². The summed E-state index contributed by atoms with van der Waals surface area (Å²) in [5.41, 5.74) is 0.998. The number of nitrogens with zero attached hydrogens (tertiary/aromatic N) is 4. The van der Waals surface area contributed by atoms with Crippen molar-refractivity contribution in [1.29, 1.82) is 0 Å². The molecule has 0 aliphatic rings. The average Bonchev–Trinajstić information content (AvgIpc) is 2.74. The molecule has 7 nitrogen and oxygen atoms in total. The van der Waals surface area contributed by atoms with Crippen molar-refractivity contribution in [2.75, 3.05) is 5.32 Å². The molecule has 100 valence electrons. The van der Waals surface area contributed by atoms with Crippen molar-refractivity contribution in [3.63, 3.8) is 0 Å². The summed E-state index contributed by atoms with van der Waals surface area (Å²) >= 11 is 0. The maximum atomic E-state index is 11.2. The van der Waals surface area contributed by atoms with Crippen LogP contribution in [-0.4, -0.2) is 30.8 Å². The fourth-order valence-electron chi connectivity index (χ4n) is 1.57. The number of carboxylic acids is 1. The molecule has 0 spiro atoms. The Kier molecular flexibility index (Phi) is 3.46. The largest absolute Gasteiger partial charge is 0.476 e. The van der Waals surface area contributed by atoms with Crippen LogP contribution in [0.25, 0.3) is 0 Å². The van der Waals surface area contributed by atoms with Gasteiger partial charge in [-0.05, 0) is 0 Å². The summed E-state index contributed by atoms with van der Waals surface area (Å²) in [5, 5.41) is 16.2. The molecule has 0 atom stereocenters. The van der Waals surface area contributed by atoms with Gasteiger partial charge in [0.05, 0.1) is 23.8 Å². The third-order valence-electron chi connectivity index (χ3n) is 2.51. The van der Waals surface area contributed by atoms with Gasteiger partial charge in [0.2, 0.25) is 0 Å². The van der Waals surface area contributed by atoms with Crippen molar-refractivity contribution >= 4 is 17.3 Å². The highest BCUT2D eigenvalue weighted by atomic mass is 16.4. The van der Waals surface area contributed by atoms with Crippen molar-refractivity contribution in [3.8, 4) is 0 Å². The van der Waals surface area contributed by atoms with Gasteiger partial charge in [-0.25, -0.2) is 14.8 Å². The first-order valence-electron chi connectivity index (χ1n) is 5.83. The van der Waals surface area contributed by atoms with Gasteiger partial charge in [-0.3, -0.25) is 4.68 Å². The van der Waals surface area contributed by atoms with Crippen LogP contribution >= 0.6 is 0 Å². The fourth-order valence-corrected chi connectivity index (χ4v) is 1.57. The molecule has 2 aromatic rings. The van der Waals surface area contributed by atoms with E-state index in [-0.39, 0.29) is 11.6 Å². The monoisotopic (exact) mass is 261 g/mol. The summed E-state index contributed by atoms with van der Waals surface area (Å²) in [6, 6.07) is 0. The molecule has 0 saturated carbocycles. The van der Waals surface area contributed by atoms with E-state index in [1.165, 1.54) is 6.20 Å². The van der Waals surface area contributed by atoms with Crippen LogP contribution in [0, 0.1) is 0 Å². The number of hydrogen-bond donors (Lipinski definition) is 2. The summed E-state index contributed by atoms with van der Waals surface area (Å²) in [7, 11) is 1.78. The number of aryl methyl sites for hydroxylation is 1. The topological polar surface area (TPSA) is 92.9 Å². The number of nitrogens with one attached hydrogen (secondary N) is 1. The third-order valence-corrected chi connectivity index (χ3v) is 2.51. The van der Waals surface area contributed by atoms with Crippen molar-refractivity contribution in [2.24, 2.45) is 7.05 Å². The van der Waals surface area contributed by atoms with Gasteiger partial charge in [-0.15, -0.1) is 0 Å². The highest BCUT2D eigenvalue weighted by Crippen LogP contribution is 2.20. The zero-order valence-electron chi connectivity index (χ0n) is 11.0. The highest BCUT2D eigenvalue weighted by molar-refractivity contribution is 5.92. The average molecular weight is 261 g/mol. The third kappa shape index (κ3) is 2.87. The molecular weight excluding hydrogens is 246 g/mol. The van der Waals surface area contributed by atoms with Crippen molar-refractivity contribution < 1.29 is 9.90 Å². The fraction of sp³-hybridized carbons (Fsp3) is 0.333. The minimum atomic E-state index is -1.09. The molecular formula is C12H15N5O2. The Labute approximate surface area is 110 Å². The second-order valence-electron chi connectivity index (χ2n) is 4.48. The number of carboxylic acid groups (broad SMARTS) is 1. The van der Waals surface area contributed by atoms with Gasteiger partial charge in [-0.1, -0.05) is 13.8 Å². The molecule has 0 radical (unpaired) electrons. The molecule has 0 fully saturated rings. The van der Waals surface area contributed by atoms with Crippen LogP contribution in [0.3, 0.4) is 0 Å². The SMILES string of the molecule is CC(C)c1ncc(Nc2cnn(C)c2)c(C(=O)O)n1. The van der Waals surface area contributed by atoms with Gasteiger partial charge in [0, 0.05) is 19.2 Å². The van der Waals surface area contributed by atoms with E-state index in [1.807, 2.05) is 13.8 Å². The summed E-state index contributed by atoms with van der Waals surface area (Å²) < 4.78 is 1.62. The van der Waals surface area contributed by atoms with Crippen LogP contribution in [-0.2, 0) is 7.05 Å². The first-order valence-corrected chi connectivity index (χ1v) is 5.83. The zero-order valence-corrected chi connectivity index (χ0v) is 11.0. The first-order chi connectivity index (χ1) is 8.97. The lowest BCUT2D eigenvalue weighted by atomic mass is 10.2. The van der Waals surface area contributed by atoms with Gasteiger partial charge in [0.15, 0.2) is 5.69 Å². The van der Waals surface area contributed by atoms with Crippen LogP contribution in [0.4, 0.5) is 11.4 Å². The zero-order chi connectivity index (χ0) is 14.0. The molecule has 0 aliphatic carbocycles. The Morgan fingerprint density at radius 1 is 1.42 bits per heavy atom. The molecule has 7 heteroatoms. The number of aromatic nitrogens is 4. The van der Waals surface area contributed by atoms with E-state index in [0.717, 1.165) is 0 Å². The standard InChI is InChI=1S/C12H15N5O2/c1-7(2)11-13-5-9(10(16-11)12(18)19)15-8-4-14-17(3)6-8/h4-7,15H,1-3H3,(H,18,19). The molecule has 2 rings (SSSR count). The lowest BCUT2D eigenvalue weighted by Gasteiger charge is -2.09. The molecule has 0 aromatic carbocycles. The second-order valence-corrected chi connectivity index (χ2v) is 4.48. The van der Waals surface area contributed by atoms with Gasteiger partial charge in [-0.2, -0.15) is 5.10 Å². The van der Waals surface area contributed by atoms with E-state index >= 15 is 0 Å². The summed E-state index contributed by atoms with van der Waals surface area (Å²) in [4.78, 5) is 19.5. The molecule has 2 heterocycles. The number of hydrogen-bond acceptors (Lipinski definition) is 5. The van der Waals surface area contributed by atoms with Gasteiger partial charge in [0.1, 0.15) is 5.82 Å². The maximum Gasteiger partial charge on any atom is 0.356 e. The summed E-state index contributed by atoms with van der Waals surface area (Å²) in [5.74, 6) is -0.504. The highest BCUT2D eigenvalue weighted by Gasteiger charge is 2.16. The second kappa shape index (κ2) is 5.05. The lowest BCUT2D eigenvalue weighted by molar-refractivity contribution is 0.0691. The van der Waals surface area contributed by atoms with E-state index in [1.54, 1.807) is 24.1 Å². The number of aromatic carboxylic acids is 1. The summed E-state index contributed by atoms with van der Waals surface area (Å²) in [6.45, 7) is 3.82. The predicted molar refractivity (Wildman–Crippen MR) is 69.6 cm³/mol. The Bertz CT molecular complexity index is 606. The Morgan fingerprint density at radius 2 is 2.16 bits per heavy atom. The summed E-state index contributed by atoms with van der Waals surface area (Å²) in [6.07, 6.45) is 4.82. The molecule has 0 saturated heterocycles. The van der Waals surface area contributed by atoms with Crippen molar-refractivity contribution in [1.82, 2.24) is 19.7 Å². The minimum absolute atomic E-state index is 0.0393. The molecule has 0 bridgehead atoms. The quantitative estimate of drug-likeness (QED) is 0.871. The Morgan fingerprint density at radius 3 is 2.68 bits per heavy atom. The van der Waals surface area contributed by atoms with Crippen molar-refractivity contribution in [3.05, 3.63) is 30.1 Å². The van der Waals surface area contributed by atoms with E-state index < -0.39 is 5.97 Å². The molecule has 0 aliphatic heterocycles. The van der Waals surface area contributed by atoms with E-state index in [9.17, 15) is 9.90 Å². The molecule has 2 N–H and O–H groups in total. The van der Waals surface area contributed by atoms with Crippen LogP contribution in [0.1, 0.15) is 36.1 Å². The molecule has 19 heavy (non-hydrogen) atoms. The minimum Gasteiger partial charge on any atom is -0.476 e. The van der Waals surface area contributed by atoms with Crippen LogP contribution in [0.5, 0.6) is 0 Å². The number of rotatable bonds is 4. The molecule has 2 aromatic heterocycles. The normalized spacial score (nSPS) is 10.7. The molecule has 0 amide bonds. The van der Waals surface area contributed by atoms with Crippen LogP contribution in [0.2, 0.25) is 0 Å². The van der Waals surface area contributed by atoms with Crippen LogP contribution in [0.15, 0.2) is 18.6 Å². The van der Waals surface area contributed by atoms with E-state index in [2.05, 4.69) is 20.4 Å². The predicted octanol–water partition coefficient (Wildman–Crippen LogP) is 1.78. The Balaban J connectivity index is 2.36. The Hall–Kier alpha value is -2.44. The number of carbonyl (C=O) groups is 1. The van der Waals surface area contributed by atoms with E-state index in [0.29, 0.717) is 17.2 Å². The smallest absolute Gasteiger partial charge is 0.356 e. The van der Waals surface area contributed by atoms with E-state index in [4.69, 9.17) is 0 Å². The van der Waals surface area contributed by atoms with Crippen LogP contribution < -0.4 is 5.32 Å². The number of anilines is 2. The van der Waals surface area contributed by atoms with Gasteiger partial charge >= 0.3 is 5.97 Å². The first kappa shape index (κ1) is 13.0. The maximum absolute atomic E-state index is 11.2. The van der Waals surface area contributed by atoms with Gasteiger partial charge in [0.25, 0.3) is 0 Å². The lowest BCUT2D eigenvalue weighted by Crippen LogP contribution is -2.10.